The van der Waals surface area contributed by atoms with E-state index >= 15 is 0 Å². The Balaban J connectivity index is 1.61. The third-order valence-corrected chi connectivity index (χ3v) is 4.55. The number of likely N-dealkylation sites (N-methyl/N-ethyl adjacent to an activating group) is 1. The van der Waals surface area contributed by atoms with Crippen LogP contribution in [0.15, 0.2) is 69.9 Å². The molecular formula is C22H26N2O3. The summed E-state index contributed by atoms with van der Waals surface area (Å²) < 4.78 is 10.9. The quantitative estimate of drug-likeness (QED) is 0.572. The van der Waals surface area contributed by atoms with E-state index in [0.29, 0.717) is 26.2 Å². The van der Waals surface area contributed by atoms with Gasteiger partial charge in [0.15, 0.2) is 0 Å². The summed E-state index contributed by atoms with van der Waals surface area (Å²) in [6.45, 7) is 4.14. The number of carbonyl (C=O) groups excluding carboxylic acids is 1. The molecule has 0 unspecified atom stereocenters. The Kier molecular flexibility index (Phi) is 6.49. The van der Waals surface area contributed by atoms with E-state index in [2.05, 4.69) is 31.2 Å². The molecule has 0 fully saturated rings. The van der Waals surface area contributed by atoms with Gasteiger partial charge in [-0.1, -0.05) is 31.2 Å². The Bertz CT molecular complexity index is 772. The second-order valence-corrected chi connectivity index (χ2v) is 6.72. The van der Waals surface area contributed by atoms with Crippen LogP contribution in [0.5, 0.6) is 0 Å². The first-order chi connectivity index (χ1) is 13.1. The van der Waals surface area contributed by atoms with Gasteiger partial charge in [-0.15, -0.1) is 0 Å². The Morgan fingerprint density at radius 2 is 1.41 bits per heavy atom. The molecule has 3 aromatic rings. The third kappa shape index (κ3) is 5.59. The lowest BCUT2D eigenvalue weighted by molar-refractivity contribution is -0.132. The van der Waals surface area contributed by atoms with E-state index < -0.39 is 0 Å². The first-order valence-corrected chi connectivity index (χ1v) is 9.23. The number of nitrogens with zero attached hydrogens (tertiary/aromatic N) is 2. The number of rotatable bonds is 9. The normalized spacial score (nSPS) is 11.1. The van der Waals surface area contributed by atoms with Crippen molar-refractivity contribution < 1.29 is 13.6 Å². The molecule has 0 saturated heterocycles. The van der Waals surface area contributed by atoms with E-state index in [1.807, 2.05) is 36.2 Å². The zero-order valence-corrected chi connectivity index (χ0v) is 15.9. The van der Waals surface area contributed by atoms with E-state index in [-0.39, 0.29) is 5.91 Å². The lowest BCUT2D eigenvalue weighted by atomic mass is 10.1. The molecule has 0 aliphatic carbocycles. The van der Waals surface area contributed by atoms with Gasteiger partial charge in [0.1, 0.15) is 11.5 Å². The topological polar surface area (TPSA) is 49.8 Å². The Hall–Kier alpha value is -2.79. The average Bonchev–Trinajstić information content (AvgIpc) is 3.36. The zero-order chi connectivity index (χ0) is 19.1. The van der Waals surface area contributed by atoms with Crippen LogP contribution in [0.25, 0.3) is 0 Å². The van der Waals surface area contributed by atoms with E-state index in [1.54, 1.807) is 17.4 Å². The van der Waals surface area contributed by atoms with Crippen molar-refractivity contribution in [2.75, 3.05) is 13.6 Å². The maximum Gasteiger partial charge on any atom is 0.236 e. The van der Waals surface area contributed by atoms with Gasteiger partial charge in [0.05, 0.1) is 32.2 Å². The van der Waals surface area contributed by atoms with Crippen molar-refractivity contribution >= 4 is 5.91 Å². The van der Waals surface area contributed by atoms with E-state index in [1.165, 1.54) is 5.56 Å². The van der Waals surface area contributed by atoms with Crippen LogP contribution in [0, 0.1) is 0 Å². The van der Waals surface area contributed by atoms with Crippen LogP contribution in [0.3, 0.4) is 0 Å². The molecule has 142 valence electrons. The summed E-state index contributed by atoms with van der Waals surface area (Å²) in [6, 6.07) is 16.0. The molecule has 2 heterocycles. The second kappa shape index (κ2) is 9.24. The molecule has 0 spiro atoms. The van der Waals surface area contributed by atoms with Crippen LogP contribution in [-0.4, -0.2) is 29.3 Å². The van der Waals surface area contributed by atoms with Crippen molar-refractivity contribution in [3.8, 4) is 0 Å². The molecule has 5 nitrogen and oxygen atoms in total. The van der Waals surface area contributed by atoms with Gasteiger partial charge >= 0.3 is 0 Å². The predicted octanol–water partition coefficient (Wildman–Crippen LogP) is 4.10. The summed E-state index contributed by atoms with van der Waals surface area (Å²) >= 11 is 0. The van der Waals surface area contributed by atoms with Gasteiger partial charge in [-0.05, 0) is 41.8 Å². The molecule has 27 heavy (non-hydrogen) atoms. The summed E-state index contributed by atoms with van der Waals surface area (Å²) in [4.78, 5) is 16.5. The summed E-state index contributed by atoms with van der Waals surface area (Å²) in [5, 5.41) is 0. The van der Waals surface area contributed by atoms with Crippen molar-refractivity contribution in [1.82, 2.24) is 9.80 Å². The summed E-state index contributed by atoms with van der Waals surface area (Å²) in [5.74, 6) is 1.71. The second-order valence-electron chi connectivity index (χ2n) is 6.72. The van der Waals surface area contributed by atoms with E-state index in [4.69, 9.17) is 8.83 Å². The Morgan fingerprint density at radius 3 is 1.89 bits per heavy atom. The minimum Gasteiger partial charge on any atom is -0.468 e. The molecule has 0 aliphatic rings. The highest BCUT2D eigenvalue weighted by Gasteiger charge is 2.17. The van der Waals surface area contributed by atoms with Crippen LogP contribution < -0.4 is 0 Å². The largest absolute Gasteiger partial charge is 0.468 e. The number of hydrogen-bond donors (Lipinski definition) is 0. The average molecular weight is 366 g/mol. The maximum atomic E-state index is 12.8. The molecule has 1 amide bonds. The van der Waals surface area contributed by atoms with Crippen molar-refractivity contribution in [1.29, 1.82) is 0 Å². The van der Waals surface area contributed by atoms with Gasteiger partial charge in [0.2, 0.25) is 5.91 Å². The fraction of sp³-hybridized carbons (Fsp3) is 0.318. The smallest absolute Gasteiger partial charge is 0.236 e. The number of aryl methyl sites for hydroxylation is 1. The molecule has 0 saturated carbocycles. The maximum absolute atomic E-state index is 12.8. The fourth-order valence-corrected chi connectivity index (χ4v) is 2.97. The summed E-state index contributed by atoms with van der Waals surface area (Å²) in [6.07, 6.45) is 4.31. The van der Waals surface area contributed by atoms with Gasteiger partial charge in [-0.25, -0.2) is 0 Å². The molecular weight excluding hydrogens is 340 g/mol. The molecule has 1 aromatic carbocycles. The third-order valence-electron chi connectivity index (χ3n) is 4.55. The van der Waals surface area contributed by atoms with Crippen molar-refractivity contribution in [2.45, 2.75) is 33.0 Å². The van der Waals surface area contributed by atoms with Crippen molar-refractivity contribution in [3.05, 3.63) is 83.7 Å². The highest BCUT2D eigenvalue weighted by molar-refractivity contribution is 5.78. The van der Waals surface area contributed by atoms with Gasteiger partial charge in [-0.3, -0.25) is 9.69 Å². The lowest BCUT2D eigenvalue weighted by Gasteiger charge is -2.24. The first-order valence-electron chi connectivity index (χ1n) is 9.23. The van der Waals surface area contributed by atoms with E-state index in [9.17, 15) is 4.79 Å². The number of benzene rings is 1. The molecule has 0 aliphatic heterocycles. The standard InChI is InChI=1S/C22H26N2O3/c1-3-18-8-10-19(11-9-18)14-23(2)22(25)17-24(15-20-6-4-12-26-20)16-21-7-5-13-27-21/h4-13H,3,14-17H2,1-2H3. The molecule has 5 heteroatoms. The summed E-state index contributed by atoms with van der Waals surface area (Å²) in [7, 11) is 1.84. The fourth-order valence-electron chi connectivity index (χ4n) is 2.97. The van der Waals surface area contributed by atoms with Crippen molar-refractivity contribution in [2.24, 2.45) is 0 Å². The highest BCUT2D eigenvalue weighted by atomic mass is 16.3. The molecule has 0 radical (unpaired) electrons. The number of hydrogen-bond acceptors (Lipinski definition) is 4. The van der Waals surface area contributed by atoms with Crippen LogP contribution >= 0.6 is 0 Å². The molecule has 0 bridgehead atoms. The molecule has 2 aromatic heterocycles. The van der Waals surface area contributed by atoms with Gasteiger partial charge in [0.25, 0.3) is 0 Å². The molecule has 0 N–H and O–H groups in total. The monoisotopic (exact) mass is 366 g/mol. The minimum atomic E-state index is 0.0627. The lowest BCUT2D eigenvalue weighted by Crippen LogP contribution is -2.37. The SMILES string of the molecule is CCc1ccc(CN(C)C(=O)CN(Cc2ccco2)Cc2ccco2)cc1. The van der Waals surface area contributed by atoms with Gasteiger partial charge < -0.3 is 13.7 Å². The van der Waals surface area contributed by atoms with Crippen LogP contribution in [0.2, 0.25) is 0 Å². The Morgan fingerprint density at radius 1 is 0.852 bits per heavy atom. The molecule has 0 atom stereocenters. The van der Waals surface area contributed by atoms with Crippen LogP contribution in [0.1, 0.15) is 29.6 Å². The highest BCUT2D eigenvalue weighted by Crippen LogP contribution is 2.12. The minimum absolute atomic E-state index is 0.0627. The Labute approximate surface area is 160 Å². The van der Waals surface area contributed by atoms with E-state index in [0.717, 1.165) is 23.5 Å². The molecule has 3 rings (SSSR count). The van der Waals surface area contributed by atoms with Gasteiger partial charge in [-0.2, -0.15) is 0 Å². The van der Waals surface area contributed by atoms with Crippen molar-refractivity contribution in [3.63, 3.8) is 0 Å². The zero-order valence-electron chi connectivity index (χ0n) is 15.9. The number of carbonyl (C=O) groups is 1. The number of amides is 1. The van der Waals surface area contributed by atoms with Crippen LogP contribution in [-0.2, 0) is 30.8 Å². The van der Waals surface area contributed by atoms with Gasteiger partial charge in [0, 0.05) is 13.6 Å². The summed E-state index contributed by atoms with van der Waals surface area (Å²) in [5.41, 5.74) is 2.43. The predicted molar refractivity (Wildman–Crippen MR) is 104 cm³/mol. The first kappa shape index (κ1) is 19.0. The number of furan rings is 2. The van der Waals surface area contributed by atoms with Crippen LogP contribution in [0.4, 0.5) is 0 Å².